The molecule has 0 aromatic heterocycles. The maximum Gasteiger partial charge on any atom is 0.0282 e. The summed E-state index contributed by atoms with van der Waals surface area (Å²) >= 11 is 0. The molecule has 17 heavy (non-hydrogen) atoms. The number of hydrogen-bond acceptors (Lipinski definition) is 1. The van der Waals surface area contributed by atoms with Gasteiger partial charge < -0.3 is 5.73 Å². The Balaban J connectivity index is 1.91. The predicted octanol–water partition coefficient (Wildman–Crippen LogP) is 4.42. The van der Waals surface area contributed by atoms with Crippen molar-refractivity contribution in [1.82, 2.24) is 0 Å². The molecule has 0 saturated heterocycles. The molecule has 0 aromatic carbocycles. The van der Waals surface area contributed by atoms with E-state index in [4.69, 9.17) is 5.73 Å². The van der Waals surface area contributed by atoms with E-state index in [1.165, 1.54) is 57.8 Å². The first-order chi connectivity index (χ1) is 8.08. The van der Waals surface area contributed by atoms with E-state index in [0.717, 1.165) is 5.92 Å². The summed E-state index contributed by atoms with van der Waals surface area (Å²) < 4.78 is 0. The monoisotopic (exact) mass is 235 g/mol. The fourth-order valence-corrected chi connectivity index (χ4v) is 3.43. The summed E-state index contributed by atoms with van der Waals surface area (Å²) in [6.45, 7) is 4.80. The number of hydrogen-bond donors (Lipinski definition) is 1. The highest BCUT2D eigenvalue weighted by atomic mass is 14.7. The SMILES string of the molecule is CC1(C)CCC(C(N)C2=CCCCCC2)CC1. The average Bonchev–Trinajstić information content (AvgIpc) is 2.56. The van der Waals surface area contributed by atoms with Crippen molar-refractivity contribution in [1.29, 1.82) is 0 Å². The maximum absolute atomic E-state index is 6.51. The fraction of sp³-hybridized carbons (Fsp3) is 0.875. The normalized spacial score (nSPS) is 28.3. The van der Waals surface area contributed by atoms with Crippen LogP contribution < -0.4 is 5.73 Å². The Kier molecular flexibility index (Phi) is 4.30. The lowest BCUT2D eigenvalue weighted by atomic mass is 9.70. The van der Waals surface area contributed by atoms with E-state index >= 15 is 0 Å². The molecule has 1 fully saturated rings. The quantitative estimate of drug-likeness (QED) is 0.704. The number of rotatable bonds is 2. The van der Waals surface area contributed by atoms with Crippen LogP contribution in [0.1, 0.15) is 71.6 Å². The van der Waals surface area contributed by atoms with E-state index in [-0.39, 0.29) is 0 Å². The molecular formula is C16H29N. The first-order valence-electron chi connectivity index (χ1n) is 7.53. The van der Waals surface area contributed by atoms with Gasteiger partial charge in [0, 0.05) is 6.04 Å². The minimum absolute atomic E-state index is 0.365. The van der Waals surface area contributed by atoms with Crippen LogP contribution in [0, 0.1) is 11.3 Å². The van der Waals surface area contributed by atoms with E-state index < -0.39 is 0 Å². The Hall–Kier alpha value is -0.300. The molecule has 98 valence electrons. The number of allylic oxidation sites excluding steroid dienone is 1. The van der Waals surface area contributed by atoms with Gasteiger partial charge in [-0.1, -0.05) is 31.9 Å². The van der Waals surface area contributed by atoms with Gasteiger partial charge in [-0.05, 0) is 62.7 Å². The third-order valence-corrected chi connectivity index (χ3v) is 4.90. The zero-order valence-electron chi connectivity index (χ0n) is 11.7. The molecule has 0 aromatic rings. The summed E-state index contributed by atoms with van der Waals surface area (Å²) in [6.07, 6.45) is 14.5. The molecule has 0 bridgehead atoms. The Morgan fingerprint density at radius 2 is 1.88 bits per heavy atom. The first kappa shape index (κ1) is 13.1. The van der Waals surface area contributed by atoms with Gasteiger partial charge in [0.05, 0.1) is 0 Å². The number of nitrogens with two attached hydrogens (primary N) is 1. The van der Waals surface area contributed by atoms with Gasteiger partial charge in [-0.25, -0.2) is 0 Å². The van der Waals surface area contributed by atoms with Gasteiger partial charge in [0.2, 0.25) is 0 Å². The molecule has 2 N–H and O–H groups in total. The second kappa shape index (κ2) is 5.56. The second-order valence-corrected chi connectivity index (χ2v) is 6.91. The maximum atomic E-state index is 6.51. The molecule has 0 heterocycles. The van der Waals surface area contributed by atoms with Gasteiger partial charge in [-0.15, -0.1) is 0 Å². The predicted molar refractivity (Wildman–Crippen MR) is 74.9 cm³/mol. The van der Waals surface area contributed by atoms with Crippen LogP contribution in [0.25, 0.3) is 0 Å². The fourth-order valence-electron chi connectivity index (χ4n) is 3.43. The summed E-state index contributed by atoms with van der Waals surface area (Å²) in [7, 11) is 0. The average molecular weight is 235 g/mol. The molecule has 1 unspecified atom stereocenters. The smallest absolute Gasteiger partial charge is 0.0282 e. The van der Waals surface area contributed by atoms with E-state index in [9.17, 15) is 0 Å². The Bertz CT molecular complexity index is 267. The molecule has 0 spiro atoms. The van der Waals surface area contributed by atoms with Crippen molar-refractivity contribution in [3.05, 3.63) is 11.6 Å². The third kappa shape index (κ3) is 3.58. The van der Waals surface area contributed by atoms with Crippen LogP contribution in [0.15, 0.2) is 11.6 Å². The van der Waals surface area contributed by atoms with E-state index in [1.807, 2.05) is 0 Å². The van der Waals surface area contributed by atoms with Crippen LogP contribution in [-0.4, -0.2) is 6.04 Å². The van der Waals surface area contributed by atoms with E-state index in [2.05, 4.69) is 19.9 Å². The van der Waals surface area contributed by atoms with Crippen LogP contribution in [0.4, 0.5) is 0 Å². The van der Waals surface area contributed by atoms with Crippen molar-refractivity contribution in [2.24, 2.45) is 17.1 Å². The molecule has 0 radical (unpaired) electrons. The molecule has 1 atom stereocenters. The van der Waals surface area contributed by atoms with Gasteiger partial charge in [0.15, 0.2) is 0 Å². The molecular weight excluding hydrogens is 206 g/mol. The Morgan fingerprint density at radius 1 is 1.18 bits per heavy atom. The highest BCUT2D eigenvalue weighted by Gasteiger charge is 2.31. The largest absolute Gasteiger partial charge is 0.324 e. The standard InChI is InChI=1S/C16H29N/c1-16(2)11-9-14(10-12-16)15(17)13-7-5-3-4-6-8-13/h7,14-15H,3-6,8-12,17H2,1-2H3. The van der Waals surface area contributed by atoms with Crippen LogP contribution in [0.5, 0.6) is 0 Å². The Morgan fingerprint density at radius 3 is 2.59 bits per heavy atom. The van der Waals surface area contributed by atoms with Gasteiger partial charge >= 0.3 is 0 Å². The molecule has 1 nitrogen and oxygen atoms in total. The van der Waals surface area contributed by atoms with Gasteiger partial charge in [0.1, 0.15) is 0 Å². The first-order valence-corrected chi connectivity index (χ1v) is 7.53. The van der Waals surface area contributed by atoms with Gasteiger partial charge in [-0.2, -0.15) is 0 Å². The van der Waals surface area contributed by atoms with Crippen LogP contribution in [0.2, 0.25) is 0 Å². The van der Waals surface area contributed by atoms with Crippen molar-refractivity contribution in [3.63, 3.8) is 0 Å². The molecule has 0 aliphatic heterocycles. The molecule has 1 saturated carbocycles. The highest BCUT2D eigenvalue weighted by Crippen LogP contribution is 2.40. The molecule has 0 amide bonds. The summed E-state index contributed by atoms with van der Waals surface area (Å²) in [6, 6.07) is 0.365. The lowest BCUT2D eigenvalue weighted by Crippen LogP contribution is -2.36. The van der Waals surface area contributed by atoms with Crippen molar-refractivity contribution in [3.8, 4) is 0 Å². The molecule has 2 aliphatic carbocycles. The summed E-state index contributed by atoms with van der Waals surface area (Å²) in [5.74, 6) is 0.757. The minimum Gasteiger partial charge on any atom is -0.324 e. The topological polar surface area (TPSA) is 26.0 Å². The van der Waals surface area contributed by atoms with Crippen molar-refractivity contribution < 1.29 is 0 Å². The molecule has 1 heteroatoms. The lowest BCUT2D eigenvalue weighted by Gasteiger charge is -2.37. The van der Waals surface area contributed by atoms with Crippen molar-refractivity contribution in [2.75, 3.05) is 0 Å². The molecule has 2 aliphatic rings. The van der Waals surface area contributed by atoms with Gasteiger partial charge in [0.25, 0.3) is 0 Å². The zero-order chi connectivity index (χ0) is 12.3. The van der Waals surface area contributed by atoms with E-state index in [0.29, 0.717) is 11.5 Å². The van der Waals surface area contributed by atoms with Gasteiger partial charge in [-0.3, -0.25) is 0 Å². The minimum atomic E-state index is 0.365. The van der Waals surface area contributed by atoms with Crippen LogP contribution in [0.3, 0.4) is 0 Å². The summed E-state index contributed by atoms with van der Waals surface area (Å²) in [5, 5.41) is 0. The summed E-state index contributed by atoms with van der Waals surface area (Å²) in [5.41, 5.74) is 8.65. The van der Waals surface area contributed by atoms with Crippen LogP contribution in [-0.2, 0) is 0 Å². The lowest BCUT2D eigenvalue weighted by molar-refractivity contribution is 0.179. The second-order valence-electron chi connectivity index (χ2n) is 6.91. The van der Waals surface area contributed by atoms with E-state index in [1.54, 1.807) is 5.57 Å². The van der Waals surface area contributed by atoms with Crippen molar-refractivity contribution >= 4 is 0 Å². The third-order valence-electron chi connectivity index (χ3n) is 4.90. The molecule has 2 rings (SSSR count). The summed E-state index contributed by atoms with van der Waals surface area (Å²) in [4.78, 5) is 0. The zero-order valence-corrected chi connectivity index (χ0v) is 11.7. The van der Waals surface area contributed by atoms with Crippen LogP contribution >= 0.6 is 0 Å². The highest BCUT2D eigenvalue weighted by molar-refractivity contribution is 5.13. The van der Waals surface area contributed by atoms with Crippen molar-refractivity contribution in [2.45, 2.75) is 77.7 Å². The Labute approximate surface area is 107 Å².